The molecule has 1 aromatic heterocycles. The average molecular weight is 546 g/mol. The van der Waals surface area contributed by atoms with Crippen LogP contribution in [-0.2, 0) is 19.5 Å². The molecule has 0 radical (unpaired) electrons. The number of hydrogen-bond donors (Lipinski definition) is 0. The summed E-state index contributed by atoms with van der Waals surface area (Å²) in [6.45, 7) is 9.33. The molecule has 0 aliphatic carbocycles. The van der Waals surface area contributed by atoms with Crippen LogP contribution in [0.4, 0.5) is 0 Å². The van der Waals surface area contributed by atoms with Crippen molar-refractivity contribution in [1.29, 1.82) is 0 Å². The fraction of sp³-hybridized carbons (Fsp3) is 0.919. The molecule has 0 spiro atoms. The minimum atomic E-state index is 1.18. The van der Waals surface area contributed by atoms with Crippen LogP contribution in [0.5, 0.6) is 0 Å². The SMILES string of the molecule is CCCCCCCCCCCCCCCCCCCn1cc[n+](CCC)c1CCCCCCCCCCCC. The van der Waals surface area contributed by atoms with E-state index in [1.807, 2.05) is 0 Å². The van der Waals surface area contributed by atoms with Crippen LogP contribution in [0.2, 0.25) is 0 Å². The molecule has 0 aromatic carbocycles. The molecule has 0 amide bonds. The van der Waals surface area contributed by atoms with Gasteiger partial charge in [0, 0.05) is 6.42 Å². The van der Waals surface area contributed by atoms with Crippen LogP contribution in [0.15, 0.2) is 12.4 Å². The van der Waals surface area contributed by atoms with Crippen LogP contribution < -0.4 is 4.57 Å². The summed E-state index contributed by atoms with van der Waals surface area (Å²) in [5, 5.41) is 0. The van der Waals surface area contributed by atoms with Crippen LogP contribution in [0.3, 0.4) is 0 Å². The van der Waals surface area contributed by atoms with Crippen molar-refractivity contribution in [2.24, 2.45) is 0 Å². The van der Waals surface area contributed by atoms with Gasteiger partial charge in [0.1, 0.15) is 12.4 Å². The number of nitrogens with zero attached hydrogens (tertiary/aromatic N) is 2. The number of hydrogen-bond acceptors (Lipinski definition) is 0. The molecular weight excluding hydrogens is 472 g/mol. The maximum Gasteiger partial charge on any atom is 0.256 e. The second-order valence-electron chi connectivity index (χ2n) is 12.7. The first-order chi connectivity index (χ1) is 19.3. The van der Waals surface area contributed by atoms with E-state index in [2.05, 4.69) is 42.3 Å². The second-order valence-corrected chi connectivity index (χ2v) is 12.7. The molecular formula is C37H73N2+. The van der Waals surface area contributed by atoms with Crippen molar-refractivity contribution in [3.8, 4) is 0 Å². The number of unbranched alkanes of at least 4 members (excludes halogenated alkanes) is 25. The maximum atomic E-state index is 2.59. The van der Waals surface area contributed by atoms with Crippen LogP contribution >= 0.6 is 0 Å². The van der Waals surface area contributed by atoms with Gasteiger partial charge in [0.15, 0.2) is 0 Å². The normalized spacial score (nSPS) is 11.6. The predicted molar refractivity (Wildman–Crippen MR) is 175 cm³/mol. The first-order valence-corrected chi connectivity index (χ1v) is 18.4. The van der Waals surface area contributed by atoms with Gasteiger partial charge in [0.05, 0.1) is 13.1 Å². The van der Waals surface area contributed by atoms with Crippen molar-refractivity contribution < 1.29 is 4.57 Å². The van der Waals surface area contributed by atoms with Gasteiger partial charge < -0.3 is 0 Å². The van der Waals surface area contributed by atoms with Crippen LogP contribution in [0.25, 0.3) is 0 Å². The van der Waals surface area contributed by atoms with Crippen molar-refractivity contribution >= 4 is 0 Å². The van der Waals surface area contributed by atoms with E-state index in [9.17, 15) is 0 Å². The highest BCUT2D eigenvalue weighted by Gasteiger charge is 2.15. The summed E-state index contributed by atoms with van der Waals surface area (Å²) in [6, 6.07) is 0. The fourth-order valence-corrected chi connectivity index (χ4v) is 6.21. The summed E-state index contributed by atoms with van der Waals surface area (Å²) >= 11 is 0. The molecule has 0 bridgehead atoms. The summed E-state index contributed by atoms with van der Waals surface area (Å²) in [5.74, 6) is 1.59. The summed E-state index contributed by atoms with van der Waals surface area (Å²) in [6.07, 6.45) is 46.1. The first kappa shape index (κ1) is 36.2. The zero-order valence-electron chi connectivity index (χ0n) is 27.5. The lowest BCUT2D eigenvalue weighted by Crippen LogP contribution is -2.37. The molecule has 39 heavy (non-hydrogen) atoms. The van der Waals surface area contributed by atoms with Crippen LogP contribution in [0.1, 0.15) is 206 Å². The molecule has 0 fully saturated rings. The lowest BCUT2D eigenvalue weighted by molar-refractivity contribution is -0.703. The Labute approximate surface area is 247 Å². The minimum absolute atomic E-state index is 1.18. The molecule has 1 rings (SSSR count). The summed E-state index contributed by atoms with van der Waals surface area (Å²) in [7, 11) is 0. The third kappa shape index (κ3) is 21.6. The lowest BCUT2D eigenvalue weighted by Gasteiger charge is -2.06. The maximum absolute atomic E-state index is 2.59. The van der Waals surface area contributed by atoms with Gasteiger partial charge in [-0.15, -0.1) is 0 Å². The molecule has 0 saturated heterocycles. The number of imidazole rings is 1. The van der Waals surface area contributed by atoms with Crippen molar-refractivity contribution in [2.45, 2.75) is 220 Å². The molecule has 0 saturated carbocycles. The third-order valence-electron chi connectivity index (χ3n) is 8.81. The molecule has 1 heterocycles. The summed E-state index contributed by atoms with van der Waals surface area (Å²) in [5.41, 5.74) is 0. The molecule has 0 aliphatic heterocycles. The highest BCUT2D eigenvalue weighted by atomic mass is 15.1. The van der Waals surface area contributed by atoms with E-state index in [-0.39, 0.29) is 0 Å². The topological polar surface area (TPSA) is 8.81 Å². The molecule has 2 nitrogen and oxygen atoms in total. The quantitative estimate of drug-likeness (QED) is 0.0648. The minimum Gasteiger partial charge on any atom is -0.234 e. The molecule has 0 N–H and O–H groups in total. The summed E-state index contributed by atoms with van der Waals surface area (Å²) < 4.78 is 5.13. The van der Waals surface area contributed by atoms with Crippen LogP contribution in [-0.4, -0.2) is 4.57 Å². The van der Waals surface area contributed by atoms with Gasteiger partial charge in [-0.1, -0.05) is 175 Å². The average Bonchev–Trinajstić information content (AvgIpc) is 3.32. The van der Waals surface area contributed by atoms with Crippen molar-refractivity contribution in [2.75, 3.05) is 0 Å². The van der Waals surface area contributed by atoms with Gasteiger partial charge in [-0.2, -0.15) is 0 Å². The standard InChI is InChI=1S/C37H73N2/c1-4-7-9-11-13-15-17-18-19-20-21-22-23-25-27-29-31-34-39-36-35-38(33-6-3)37(39)32-30-28-26-24-16-14-12-10-8-5-2/h35-36H,4-34H2,1-3H3/q+1. The highest BCUT2D eigenvalue weighted by molar-refractivity contribution is 4.84. The Hall–Kier alpha value is -0.790. The third-order valence-corrected chi connectivity index (χ3v) is 8.81. The van der Waals surface area contributed by atoms with Gasteiger partial charge in [-0.3, -0.25) is 0 Å². The molecule has 0 unspecified atom stereocenters. The zero-order valence-corrected chi connectivity index (χ0v) is 27.5. The van der Waals surface area contributed by atoms with Gasteiger partial charge in [-0.25, -0.2) is 9.13 Å². The van der Waals surface area contributed by atoms with Gasteiger partial charge >= 0.3 is 0 Å². The van der Waals surface area contributed by atoms with Crippen molar-refractivity contribution in [3.63, 3.8) is 0 Å². The van der Waals surface area contributed by atoms with Crippen molar-refractivity contribution in [3.05, 3.63) is 18.2 Å². The Kier molecular flexibility index (Phi) is 26.7. The van der Waals surface area contributed by atoms with E-state index >= 15 is 0 Å². The van der Waals surface area contributed by atoms with E-state index in [4.69, 9.17) is 0 Å². The Morgan fingerprint density at radius 1 is 0.436 bits per heavy atom. The number of rotatable bonds is 31. The monoisotopic (exact) mass is 546 g/mol. The lowest BCUT2D eigenvalue weighted by atomic mass is 10.0. The second kappa shape index (κ2) is 28.7. The predicted octanol–water partition coefficient (Wildman–Crippen LogP) is 12.3. The van der Waals surface area contributed by atoms with E-state index in [0.717, 1.165) is 0 Å². The first-order valence-electron chi connectivity index (χ1n) is 18.4. The number of aromatic nitrogens is 2. The van der Waals surface area contributed by atoms with E-state index < -0.39 is 0 Å². The van der Waals surface area contributed by atoms with Gasteiger partial charge in [-0.05, 0) is 25.7 Å². The van der Waals surface area contributed by atoms with Gasteiger partial charge in [0.25, 0.3) is 5.82 Å². The highest BCUT2D eigenvalue weighted by Crippen LogP contribution is 2.15. The van der Waals surface area contributed by atoms with E-state index in [0.29, 0.717) is 0 Å². The zero-order chi connectivity index (χ0) is 28.1. The molecule has 230 valence electrons. The molecule has 1 aromatic rings. The molecule has 0 atom stereocenters. The van der Waals surface area contributed by atoms with E-state index in [1.54, 1.807) is 5.82 Å². The Morgan fingerprint density at radius 3 is 1.18 bits per heavy atom. The Bertz CT molecular complexity index is 605. The number of aryl methyl sites for hydroxylation is 2. The Balaban J connectivity index is 2.02. The molecule has 0 aliphatic rings. The van der Waals surface area contributed by atoms with Crippen LogP contribution in [0, 0.1) is 0 Å². The largest absolute Gasteiger partial charge is 0.256 e. The fourth-order valence-electron chi connectivity index (χ4n) is 6.21. The van der Waals surface area contributed by atoms with Gasteiger partial charge in [0.2, 0.25) is 0 Å². The smallest absolute Gasteiger partial charge is 0.234 e. The molecule has 2 heteroatoms. The van der Waals surface area contributed by atoms with Crippen molar-refractivity contribution in [1.82, 2.24) is 4.57 Å². The summed E-state index contributed by atoms with van der Waals surface area (Å²) in [4.78, 5) is 0. The Morgan fingerprint density at radius 2 is 0.795 bits per heavy atom. The van der Waals surface area contributed by atoms with E-state index in [1.165, 1.54) is 199 Å².